The van der Waals surface area contributed by atoms with Crippen molar-refractivity contribution in [3.63, 3.8) is 0 Å². The molecule has 1 atom stereocenters. The van der Waals surface area contributed by atoms with Gasteiger partial charge in [-0.1, -0.05) is 56.4 Å². The molecule has 2 aliphatic rings. The largest absolute Gasteiger partial charge is 0.385 e. The smallest absolute Gasteiger partial charge is 0.231 e. The quantitative estimate of drug-likeness (QED) is 0.518. The number of anilines is 1. The number of hydrogen-bond acceptors (Lipinski definition) is 4. The lowest BCUT2D eigenvalue weighted by Crippen LogP contribution is -2.52. The van der Waals surface area contributed by atoms with Crippen LogP contribution in [0.4, 0.5) is 5.82 Å². The Morgan fingerprint density at radius 1 is 1.21 bits per heavy atom. The van der Waals surface area contributed by atoms with Crippen molar-refractivity contribution in [3.05, 3.63) is 47.2 Å². The number of nitrogens with one attached hydrogen (secondary N) is 2. The normalized spacial score (nSPS) is 19.3. The van der Waals surface area contributed by atoms with Gasteiger partial charge in [0.15, 0.2) is 5.82 Å². The third-order valence-corrected chi connectivity index (χ3v) is 11.8. The molecule has 1 aliphatic carbocycles. The van der Waals surface area contributed by atoms with E-state index in [1.807, 2.05) is 49.1 Å². The van der Waals surface area contributed by atoms with Crippen LogP contribution < -0.4 is 5.32 Å². The third-order valence-electron chi connectivity index (χ3n) is 8.16. The second-order valence-corrected chi connectivity index (χ2v) is 16.8. The fraction of sp³-hybridized carbons (Fsp3) is 0.577. The fourth-order valence-corrected chi connectivity index (χ4v) is 8.19. The Morgan fingerprint density at radius 2 is 1.88 bits per heavy atom. The molecule has 184 valence electrons. The molecule has 34 heavy (non-hydrogen) atoms. The van der Waals surface area contributed by atoms with Crippen molar-refractivity contribution in [2.45, 2.75) is 82.2 Å². The van der Waals surface area contributed by atoms with Crippen molar-refractivity contribution in [3.8, 4) is 0 Å². The summed E-state index contributed by atoms with van der Waals surface area (Å²) in [5.41, 5.74) is 2.24. The second kappa shape index (κ2) is 8.96. The molecule has 0 spiro atoms. The number of amides is 2. The van der Waals surface area contributed by atoms with Crippen LogP contribution in [0, 0.1) is 0 Å². The van der Waals surface area contributed by atoms with Crippen molar-refractivity contribution in [2.75, 3.05) is 19.0 Å². The molecular formula is C26H38N4O3Si. The van der Waals surface area contributed by atoms with E-state index in [0.29, 0.717) is 25.4 Å². The molecule has 0 bridgehead atoms. The van der Waals surface area contributed by atoms with Gasteiger partial charge < -0.3 is 15.0 Å². The average molecular weight is 483 g/mol. The summed E-state index contributed by atoms with van der Waals surface area (Å²) in [7, 11) is -0.0378. The van der Waals surface area contributed by atoms with E-state index in [1.165, 1.54) is 0 Å². The van der Waals surface area contributed by atoms with Gasteiger partial charge in [-0.05, 0) is 38.7 Å². The Balaban J connectivity index is 1.59. The standard InChI is InChI=1S/C26H38N4O3Si/c1-25(2)21-20(22(29-28-21)27-24(32)26(14-10-15-26)34(4,5)6)17-30(25)23(31)19(13-16-33-3)18-11-8-7-9-12-18/h7-9,11-12,19H,10,13-17H2,1-6H3,(H2,27,28,29,32). The van der Waals surface area contributed by atoms with Gasteiger partial charge in [-0.3, -0.25) is 14.7 Å². The molecule has 1 aliphatic heterocycles. The summed E-state index contributed by atoms with van der Waals surface area (Å²) >= 11 is 0. The minimum absolute atomic E-state index is 0.0627. The van der Waals surface area contributed by atoms with Crippen molar-refractivity contribution in [1.82, 2.24) is 15.1 Å². The highest BCUT2D eigenvalue weighted by atomic mass is 28.3. The molecule has 1 unspecified atom stereocenters. The van der Waals surface area contributed by atoms with Crippen LogP contribution in [0.1, 0.15) is 62.3 Å². The first kappa shape index (κ1) is 24.7. The molecule has 1 aromatic carbocycles. The number of aromatic amines is 1. The van der Waals surface area contributed by atoms with Gasteiger partial charge in [0.1, 0.15) is 0 Å². The summed E-state index contributed by atoms with van der Waals surface area (Å²) in [6.07, 6.45) is 3.62. The van der Waals surface area contributed by atoms with Crippen LogP contribution in [0.25, 0.3) is 0 Å². The topological polar surface area (TPSA) is 87.3 Å². The molecule has 4 rings (SSSR count). The number of benzene rings is 1. The van der Waals surface area contributed by atoms with Crippen molar-refractivity contribution in [2.24, 2.45) is 0 Å². The van der Waals surface area contributed by atoms with Crippen LogP contribution in [-0.2, 0) is 26.4 Å². The molecule has 2 aromatic rings. The minimum atomic E-state index is -1.70. The number of nitrogens with zero attached hydrogens (tertiary/aromatic N) is 2. The second-order valence-electron chi connectivity index (χ2n) is 11.3. The molecule has 1 fully saturated rings. The third kappa shape index (κ3) is 4.00. The maximum Gasteiger partial charge on any atom is 0.231 e. The Kier molecular flexibility index (Phi) is 6.50. The van der Waals surface area contributed by atoms with E-state index in [2.05, 4.69) is 35.2 Å². The number of rotatable bonds is 8. The van der Waals surface area contributed by atoms with Crippen LogP contribution in [0.15, 0.2) is 30.3 Å². The summed E-state index contributed by atoms with van der Waals surface area (Å²) < 4.78 is 5.31. The van der Waals surface area contributed by atoms with Gasteiger partial charge in [0.2, 0.25) is 11.8 Å². The van der Waals surface area contributed by atoms with E-state index in [0.717, 1.165) is 36.1 Å². The predicted molar refractivity (Wildman–Crippen MR) is 136 cm³/mol. The van der Waals surface area contributed by atoms with E-state index in [4.69, 9.17) is 4.74 Å². The SMILES string of the molecule is COCCC(C(=O)N1Cc2c(NC(=O)C3([Si](C)(C)C)CCC3)n[nH]c2C1(C)C)c1ccccc1. The van der Waals surface area contributed by atoms with Crippen molar-refractivity contribution in [1.29, 1.82) is 0 Å². The van der Waals surface area contributed by atoms with Gasteiger partial charge in [-0.15, -0.1) is 0 Å². The number of aromatic nitrogens is 2. The van der Waals surface area contributed by atoms with E-state index >= 15 is 0 Å². The number of ether oxygens (including phenoxy) is 1. The zero-order valence-corrected chi connectivity index (χ0v) is 22.3. The van der Waals surface area contributed by atoms with Gasteiger partial charge in [0, 0.05) is 24.3 Å². The zero-order chi connectivity index (χ0) is 24.7. The lowest BCUT2D eigenvalue weighted by atomic mass is 9.83. The number of hydrogen-bond donors (Lipinski definition) is 2. The number of methoxy groups -OCH3 is 1. The Hall–Kier alpha value is -2.45. The predicted octanol–water partition coefficient (Wildman–Crippen LogP) is 5.01. The molecule has 1 saturated carbocycles. The van der Waals surface area contributed by atoms with Gasteiger partial charge in [-0.2, -0.15) is 5.10 Å². The first-order chi connectivity index (χ1) is 16.0. The molecule has 0 saturated heterocycles. The molecule has 8 heteroatoms. The summed E-state index contributed by atoms with van der Waals surface area (Å²) in [6.45, 7) is 11.8. The Bertz CT molecular complexity index is 1050. The highest BCUT2D eigenvalue weighted by Crippen LogP contribution is 2.56. The van der Waals surface area contributed by atoms with Gasteiger partial charge in [-0.25, -0.2) is 0 Å². The summed E-state index contributed by atoms with van der Waals surface area (Å²) in [4.78, 5) is 29.2. The van der Waals surface area contributed by atoms with Crippen LogP contribution >= 0.6 is 0 Å². The van der Waals surface area contributed by atoms with Crippen LogP contribution in [0.5, 0.6) is 0 Å². The number of carbonyl (C=O) groups is 2. The maximum absolute atomic E-state index is 13.9. The van der Waals surface area contributed by atoms with Crippen molar-refractivity contribution < 1.29 is 14.3 Å². The molecule has 7 nitrogen and oxygen atoms in total. The highest BCUT2D eigenvalue weighted by molar-refractivity contribution is 6.83. The lowest BCUT2D eigenvalue weighted by Gasteiger charge is -2.48. The van der Waals surface area contributed by atoms with Crippen LogP contribution in [0.2, 0.25) is 24.7 Å². The Morgan fingerprint density at radius 3 is 2.44 bits per heavy atom. The highest BCUT2D eigenvalue weighted by Gasteiger charge is 2.54. The lowest BCUT2D eigenvalue weighted by molar-refractivity contribution is -0.138. The first-order valence-corrected chi connectivity index (χ1v) is 15.8. The monoisotopic (exact) mass is 482 g/mol. The van der Waals surface area contributed by atoms with Gasteiger partial charge >= 0.3 is 0 Å². The summed E-state index contributed by atoms with van der Waals surface area (Å²) in [5, 5.41) is 10.5. The van der Waals surface area contributed by atoms with E-state index in [-0.39, 0.29) is 22.8 Å². The van der Waals surface area contributed by atoms with Crippen LogP contribution in [0.3, 0.4) is 0 Å². The molecule has 0 radical (unpaired) electrons. The number of fused-ring (bicyclic) bond motifs is 1. The molecular weight excluding hydrogens is 444 g/mol. The summed E-state index contributed by atoms with van der Waals surface area (Å²) in [6, 6.07) is 9.89. The summed E-state index contributed by atoms with van der Waals surface area (Å²) in [5.74, 6) is 0.436. The van der Waals surface area contributed by atoms with E-state index in [9.17, 15) is 9.59 Å². The molecule has 1 aromatic heterocycles. The average Bonchev–Trinajstić information content (AvgIpc) is 3.25. The Labute approximate surface area is 203 Å². The fourth-order valence-electron chi connectivity index (χ4n) is 5.59. The number of carbonyl (C=O) groups excluding carboxylic acids is 2. The first-order valence-electron chi connectivity index (χ1n) is 12.3. The molecule has 2 amide bonds. The van der Waals surface area contributed by atoms with Gasteiger partial charge in [0.25, 0.3) is 0 Å². The van der Waals surface area contributed by atoms with Crippen molar-refractivity contribution >= 4 is 25.7 Å². The number of H-pyrrole nitrogens is 1. The van der Waals surface area contributed by atoms with E-state index < -0.39 is 13.6 Å². The van der Waals surface area contributed by atoms with Gasteiger partial charge in [0.05, 0.1) is 31.8 Å². The van der Waals surface area contributed by atoms with E-state index in [1.54, 1.807) is 7.11 Å². The molecule has 2 heterocycles. The minimum Gasteiger partial charge on any atom is -0.385 e. The zero-order valence-electron chi connectivity index (χ0n) is 21.3. The maximum atomic E-state index is 13.9. The van der Waals surface area contributed by atoms with Crippen LogP contribution in [-0.4, -0.2) is 48.7 Å². The molecule has 2 N–H and O–H groups in total.